The van der Waals surface area contributed by atoms with Crippen molar-refractivity contribution in [3.8, 4) is 5.75 Å². The van der Waals surface area contributed by atoms with E-state index in [1.54, 1.807) is 0 Å². The number of benzene rings is 2. The molecule has 1 atom stereocenters. The number of hydrogen-bond acceptors (Lipinski definition) is 3. The first-order chi connectivity index (χ1) is 10.4. The lowest BCUT2D eigenvalue weighted by molar-refractivity contribution is 0.257. The first-order valence-corrected chi connectivity index (χ1v) is 7.66. The normalized spacial score (nSPS) is 19.9. The van der Waals surface area contributed by atoms with Crippen LogP contribution in [0.1, 0.15) is 23.6 Å². The molecule has 1 N–H and O–H groups in total. The average Bonchev–Trinajstić information content (AvgIpc) is 2.97. The fraction of sp³-hybridized carbons (Fsp3) is 0.333. The van der Waals surface area contributed by atoms with Crippen molar-refractivity contribution >= 4 is 11.4 Å². The highest BCUT2D eigenvalue weighted by molar-refractivity contribution is 5.71. The van der Waals surface area contributed by atoms with Gasteiger partial charge < -0.3 is 15.0 Å². The van der Waals surface area contributed by atoms with Gasteiger partial charge in [-0.2, -0.15) is 0 Å². The van der Waals surface area contributed by atoms with Gasteiger partial charge >= 0.3 is 0 Å². The van der Waals surface area contributed by atoms with Gasteiger partial charge in [-0.25, -0.2) is 0 Å². The van der Waals surface area contributed by atoms with Crippen molar-refractivity contribution in [1.29, 1.82) is 0 Å². The van der Waals surface area contributed by atoms with Crippen molar-refractivity contribution in [2.75, 3.05) is 25.1 Å². The van der Waals surface area contributed by atoms with Gasteiger partial charge in [0, 0.05) is 42.0 Å². The third-order valence-electron chi connectivity index (χ3n) is 4.58. The highest BCUT2D eigenvalue weighted by atomic mass is 16.5. The van der Waals surface area contributed by atoms with Crippen LogP contribution in [0.4, 0.5) is 11.4 Å². The molecular weight excluding hydrogens is 260 g/mol. The molecule has 108 valence electrons. The Morgan fingerprint density at radius 2 is 2.10 bits per heavy atom. The molecule has 0 bridgehead atoms. The average molecular weight is 280 g/mol. The van der Waals surface area contributed by atoms with Crippen LogP contribution in [0.15, 0.2) is 42.5 Å². The predicted octanol–water partition coefficient (Wildman–Crippen LogP) is 3.42. The zero-order chi connectivity index (χ0) is 14.2. The summed E-state index contributed by atoms with van der Waals surface area (Å²) in [6, 6.07) is 15.7. The number of nitrogens with zero attached hydrogens (tertiary/aromatic N) is 1. The molecule has 0 aliphatic carbocycles. The first-order valence-electron chi connectivity index (χ1n) is 7.66. The summed E-state index contributed by atoms with van der Waals surface area (Å²) in [5, 5.41) is 3.37. The van der Waals surface area contributed by atoms with E-state index < -0.39 is 0 Å². The Balaban J connectivity index is 1.72. The molecule has 2 heterocycles. The summed E-state index contributed by atoms with van der Waals surface area (Å²) in [5.74, 6) is 1.03. The largest absolute Gasteiger partial charge is 0.493 e. The van der Waals surface area contributed by atoms with Crippen LogP contribution < -0.4 is 15.0 Å². The molecule has 2 aromatic carbocycles. The first kappa shape index (κ1) is 12.7. The number of fused-ring (bicyclic) bond motifs is 2. The summed E-state index contributed by atoms with van der Waals surface area (Å²) >= 11 is 0. The zero-order valence-electron chi connectivity index (χ0n) is 12.3. The van der Waals surface area contributed by atoms with Crippen LogP contribution in [0.3, 0.4) is 0 Å². The van der Waals surface area contributed by atoms with Gasteiger partial charge in [0.15, 0.2) is 0 Å². The molecule has 4 rings (SSSR count). The Morgan fingerprint density at radius 3 is 3.00 bits per heavy atom. The van der Waals surface area contributed by atoms with Crippen LogP contribution in [-0.2, 0) is 6.42 Å². The molecule has 3 nitrogen and oxygen atoms in total. The Morgan fingerprint density at radius 1 is 1.19 bits per heavy atom. The van der Waals surface area contributed by atoms with Gasteiger partial charge in [0.2, 0.25) is 0 Å². The maximum Gasteiger partial charge on any atom is 0.126 e. The molecule has 0 spiro atoms. The molecule has 0 aromatic heterocycles. The second-order valence-electron chi connectivity index (χ2n) is 5.73. The summed E-state index contributed by atoms with van der Waals surface area (Å²) in [6.07, 6.45) is 2.16. The quantitative estimate of drug-likeness (QED) is 0.912. The minimum Gasteiger partial charge on any atom is -0.493 e. The van der Waals surface area contributed by atoms with Crippen molar-refractivity contribution in [3.63, 3.8) is 0 Å². The highest BCUT2D eigenvalue weighted by Gasteiger charge is 2.24. The van der Waals surface area contributed by atoms with Crippen molar-refractivity contribution in [1.82, 2.24) is 5.32 Å². The fourth-order valence-electron chi connectivity index (χ4n) is 3.45. The second kappa shape index (κ2) is 5.08. The third-order valence-corrected chi connectivity index (χ3v) is 4.58. The van der Waals surface area contributed by atoms with E-state index in [4.69, 9.17) is 4.74 Å². The lowest BCUT2D eigenvalue weighted by atomic mass is 10.00. The van der Waals surface area contributed by atoms with Gasteiger partial charge in [-0.15, -0.1) is 0 Å². The van der Waals surface area contributed by atoms with Gasteiger partial charge in [-0.05, 0) is 31.2 Å². The van der Waals surface area contributed by atoms with E-state index in [-0.39, 0.29) is 0 Å². The van der Waals surface area contributed by atoms with E-state index in [2.05, 4.69) is 52.7 Å². The summed E-state index contributed by atoms with van der Waals surface area (Å²) in [5.41, 5.74) is 5.28. The number of rotatable bonds is 2. The Kier molecular flexibility index (Phi) is 3.08. The maximum atomic E-state index is 5.88. The highest BCUT2D eigenvalue weighted by Crippen LogP contribution is 2.39. The van der Waals surface area contributed by atoms with Crippen molar-refractivity contribution in [2.24, 2.45) is 0 Å². The molecule has 0 saturated heterocycles. The van der Waals surface area contributed by atoms with E-state index in [1.165, 1.54) is 22.5 Å². The SMILES string of the molecule is CNC1CCOc2cc(N3CCc4ccccc43)ccc21. The molecular formula is C18H20N2O. The van der Waals surface area contributed by atoms with Crippen LogP contribution in [-0.4, -0.2) is 20.2 Å². The molecule has 0 radical (unpaired) electrons. The van der Waals surface area contributed by atoms with Crippen molar-refractivity contribution < 1.29 is 4.74 Å². The standard InChI is InChI=1S/C18H20N2O/c1-19-16-9-11-21-18-12-14(6-7-15(16)18)20-10-8-13-4-2-3-5-17(13)20/h2-7,12,16,19H,8-11H2,1H3. The number of hydrogen-bond donors (Lipinski definition) is 1. The van der Waals surface area contributed by atoms with E-state index in [0.29, 0.717) is 6.04 Å². The molecule has 2 aliphatic rings. The van der Waals surface area contributed by atoms with Crippen molar-refractivity contribution in [2.45, 2.75) is 18.9 Å². The summed E-state index contributed by atoms with van der Waals surface area (Å²) in [6.45, 7) is 1.84. The van der Waals surface area contributed by atoms with Gasteiger partial charge in [0.05, 0.1) is 6.61 Å². The number of anilines is 2. The summed E-state index contributed by atoms with van der Waals surface area (Å²) in [4.78, 5) is 2.39. The van der Waals surface area contributed by atoms with Crippen LogP contribution in [0.2, 0.25) is 0 Å². The Labute approximate surface area is 125 Å². The molecule has 0 fully saturated rings. The molecule has 21 heavy (non-hydrogen) atoms. The molecule has 2 aromatic rings. The lowest BCUT2D eigenvalue weighted by Gasteiger charge is -2.28. The Hall–Kier alpha value is -2.00. The van der Waals surface area contributed by atoms with Gasteiger partial charge in [0.25, 0.3) is 0 Å². The third kappa shape index (κ3) is 2.09. The van der Waals surface area contributed by atoms with Gasteiger partial charge in [0.1, 0.15) is 5.75 Å². The minimum absolute atomic E-state index is 0.411. The van der Waals surface area contributed by atoms with Crippen LogP contribution >= 0.6 is 0 Å². The smallest absolute Gasteiger partial charge is 0.126 e. The van der Waals surface area contributed by atoms with Crippen molar-refractivity contribution in [3.05, 3.63) is 53.6 Å². The molecule has 1 unspecified atom stereocenters. The Bertz CT molecular complexity index is 668. The molecule has 2 aliphatic heterocycles. The van der Waals surface area contributed by atoms with Gasteiger partial charge in [-0.3, -0.25) is 0 Å². The van der Waals surface area contributed by atoms with Crippen LogP contribution in [0.25, 0.3) is 0 Å². The molecule has 0 amide bonds. The number of ether oxygens (including phenoxy) is 1. The number of nitrogens with one attached hydrogen (secondary N) is 1. The fourth-order valence-corrected chi connectivity index (χ4v) is 3.45. The summed E-state index contributed by atoms with van der Waals surface area (Å²) in [7, 11) is 2.02. The minimum atomic E-state index is 0.411. The van der Waals surface area contributed by atoms with Gasteiger partial charge in [-0.1, -0.05) is 24.3 Å². The lowest BCUT2D eigenvalue weighted by Crippen LogP contribution is -2.24. The molecule has 0 saturated carbocycles. The second-order valence-corrected chi connectivity index (χ2v) is 5.73. The zero-order valence-corrected chi connectivity index (χ0v) is 12.3. The van der Waals surface area contributed by atoms with E-state index >= 15 is 0 Å². The monoisotopic (exact) mass is 280 g/mol. The predicted molar refractivity (Wildman–Crippen MR) is 85.5 cm³/mol. The molecule has 3 heteroatoms. The van der Waals surface area contributed by atoms with Crippen LogP contribution in [0, 0.1) is 0 Å². The van der Waals surface area contributed by atoms with E-state index in [1.807, 2.05) is 7.05 Å². The topological polar surface area (TPSA) is 24.5 Å². The van der Waals surface area contributed by atoms with Crippen LogP contribution in [0.5, 0.6) is 5.75 Å². The van der Waals surface area contributed by atoms with E-state index in [9.17, 15) is 0 Å². The maximum absolute atomic E-state index is 5.88. The van der Waals surface area contributed by atoms with E-state index in [0.717, 1.165) is 31.7 Å². The number of para-hydroxylation sites is 1. The summed E-state index contributed by atoms with van der Waals surface area (Å²) < 4.78 is 5.88.